The van der Waals surface area contributed by atoms with E-state index >= 15 is 0 Å². The summed E-state index contributed by atoms with van der Waals surface area (Å²) in [7, 11) is 0. The molecule has 3 aliphatic rings. The Morgan fingerprint density at radius 1 is 1.13 bits per heavy atom. The van der Waals surface area contributed by atoms with Crippen molar-refractivity contribution < 1.29 is 9.59 Å². The normalized spacial score (nSPS) is 24.8. The zero-order valence-corrected chi connectivity index (χ0v) is 18.4. The second-order valence-corrected chi connectivity index (χ2v) is 9.29. The van der Waals surface area contributed by atoms with Crippen molar-refractivity contribution in [3.8, 4) is 0 Å². The summed E-state index contributed by atoms with van der Waals surface area (Å²) in [6.45, 7) is 2.05. The van der Waals surface area contributed by atoms with Crippen LogP contribution in [0, 0.1) is 5.92 Å². The predicted molar refractivity (Wildman–Crippen MR) is 121 cm³/mol. The van der Waals surface area contributed by atoms with Crippen LogP contribution in [0.4, 0.5) is 4.79 Å². The summed E-state index contributed by atoms with van der Waals surface area (Å²) in [5.41, 5.74) is 3.63. The molecule has 2 aromatic carbocycles. The first-order valence-corrected chi connectivity index (χ1v) is 11.7. The molecule has 0 aromatic heterocycles. The Labute approximate surface area is 188 Å². The van der Waals surface area contributed by atoms with Crippen LogP contribution in [0.1, 0.15) is 42.0 Å². The van der Waals surface area contributed by atoms with Crippen LogP contribution in [0.25, 0.3) is 0 Å². The van der Waals surface area contributed by atoms with Gasteiger partial charge in [0.05, 0.1) is 12.0 Å². The first kappa shape index (κ1) is 20.4. The fraction of sp³-hybridized carbons (Fsp3) is 0.440. The van der Waals surface area contributed by atoms with Gasteiger partial charge >= 0.3 is 6.03 Å². The molecule has 162 valence electrons. The minimum atomic E-state index is -0.0845. The van der Waals surface area contributed by atoms with E-state index in [0.717, 1.165) is 43.7 Å². The Kier molecular flexibility index (Phi) is 5.61. The van der Waals surface area contributed by atoms with Crippen LogP contribution in [0.5, 0.6) is 0 Å². The fourth-order valence-electron chi connectivity index (χ4n) is 5.59. The van der Waals surface area contributed by atoms with Crippen molar-refractivity contribution in [1.82, 2.24) is 15.1 Å². The SMILES string of the molecule is O=C1[C@@H]2CCCN(C(=O)NCCc3ccccc3)[C@@H]2C[C@@H]2c3ccc(Cl)cc3CCN12. The molecule has 5 nitrogen and oxygen atoms in total. The van der Waals surface area contributed by atoms with E-state index in [1.807, 2.05) is 40.1 Å². The molecule has 6 heteroatoms. The van der Waals surface area contributed by atoms with Crippen molar-refractivity contribution in [3.05, 3.63) is 70.2 Å². The van der Waals surface area contributed by atoms with Gasteiger partial charge in [0, 0.05) is 30.7 Å². The van der Waals surface area contributed by atoms with Crippen molar-refractivity contribution in [1.29, 1.82) is 0 Å². The van der Waals surface area contributed by atoms with Gasteiger partial charge < -0.3 is 15.1 Å². The third-order valence-electron chi connectivity index (χ3n) is 7.10. The molecule has 0 saturated carbocycles. The molecule has 0 radical (unpaired) electrons. The topological polar surface area (TPSA) is 52.7 Å². The third kappa shape index (κ3) is 3.91. The van der Waals surface area contributed by atoms with Crippen molar-refractivity contribution in [3.63, 3.8) is 0 Å². The van der Waals surface area contributed by atoms with E-state index in [-0.39, 0.29) is 29.9 Å². The molecule has 0 unspecified atom stereocenters. The Hall–Kier alpha value is -2.53. The lowest BCUT2D eigenvalue weighted by Gasteiger charge is -2.51. The molecule has 2 fully saturated rings. The number of nitrogens with one attached hydrogen (secondary N) is 1. The summed E-state index contributed by atoms with van der Waals surface area (Å²) < 4.78 is 0. The standard InChI is InChI=1S/C25H28ClN3O2/c26-19-8-9-20-18(15-19)11-14-28-22(20)16-23-21(24(28)30)7-4-13-29(23)25(31)27-12-10-17-5-2-1-3-6-17/h1-3,5-6,8-9,15,21-23H,4,7,10-14,16H2,(H,27,31)/t21-,22-,23-/m1/s1. The van der Waals surface area contributed by atoms with Gasteiger partial charge in [-0.2, -0.15) is 0 Å². The maximum atomic E-state index is 13.4. The maximum Gasteiger partial charge on any atom is 0.317 e. The number of carbonyl (C=O) groups excluding carboxylic acids is 2. The van der Waals surface area contributed by atoms with E-state index in [9.17, 15) is 9.59 Å². The van der Waals surface area contributed by atoms with Crippen LogP contribution in [0.15, 0.2) is 48.5 Å². The van der Waals surface area contributed by atoms with Gasteiger partial charge in [0.1, 0.15) is 0 Å². The number of hydrogen-bond donors (Lipinski definition) is 1. The summed E-state index contributed by atoms with van der Waals surface area (Å²) in [5, 5.41) is 3.83. The number of amides is 3. The van der Waals surface area contributed by atoms with Crippen LogP contribution in [0.2, 0.25) is 5.02 Å². The largest absolute Gasteiger partial charge is 0.338 e. The molecule has 5 rings (SSSR count). The van der Waals surface area contributed by atoms with Crippen LogP contribution in [-0.4, -0.2) is 47.4 Å². The number of likely N-dealkylation sites (tertiary alicyclic amines) is 1. The van der Waals surface area contributed by atoms with Crippen molar-refractivity contribution >= 4 is 23.5 Å². The highest BCUT2D eigenvalue weighted by atomic mass is 35.5. The van der Waals surface area contributed by atoms with E-state index in [2.05, 4.69) is 23.5 Å². The van der Waals surface area contributed by atoms with Gasteiger partial charge in [0.15, 0.2) is 0 Å². The first-order chi connectivity index (χ1) is 15.1. The lowest BCUT2D eigenvalue weighted by molar-refractivity contribution is -0.148. The second-order valence-electron chi connectivity index (χ2n) is 8.85. The molecule has 2 aromatic rings. The molecule has 2 saturated heterocycles. The maximum absolute atomic E-state index is 13.4. The lowest BCUT2D eigenvalue weighted by Crippen LogP contribution is -2.61. The second kappa shape index (κ2) is 8.54. The average Bonchev–Trinajstić information content (AvgIpc) is 2.79. The number of hydrogen-bond acceptors (Lipinski definition) is 2. The Morgan fingerprint density at radius 3 is 2.81 bits per heavy atom. The van der Waals surface area contributed by atoms with Gasteiger partial charge in [-0.25, -0.2) is 4.79 Å². The highest BCUT2D eigenvalue weighted by molar-refractivity contribution is 6.30. The average molecular weight is 438 g/mol. The van der Waals surface area contributed by atoms with Crippen LogP contribution >= 0.6 is 11.6 Å². The Morgan fingerprint density at radius 2 is 1.97 bits per heavy atom. The van der Waals surface area contributed by atoms with Gasteiger partial charge in [-0.1, -0.05) is 48.0 Å². The molecule has 1 N–H and O–H groups in total. The highest BCUT2D eigenvalue weighted by Crippen LogP contribution is 2.44. The first-order valence-electron chi connectivity index (χ1n) is 11.3. The smallest absolute Gasteiger partial charge is 0.317 e. The van der Waals surface area contributed by atoms with Crippen LogP contribution < -0.4 is 5.32 Å². The van der Waals surface area contributed by atoms with Crippen molar-refractivity contribution in [2.45, 2.75) is 44.2 Å². The molecule has 0 bridgehead atoms. The molecule has 3 atom stereocenters. The zero-order chi connectivity index (χ0) is 21.4. The molecular weight excluding hydrogens is 410 g/mol. The van der Waals surface area contributed by atoms with Gasteiger partial charge in [0.25, 0.3) is 0 Å². The molecule has 0 spiro atoms. The van der Waals surface area contributed by atoms with E-state index in [0.29, 0.717) is 13.1 Å². The number of nitrogens with zero attached hydrogens (tertiary/aromatic N) is 2. The van der Waals surface area contributed by atoms with Crippen LogP contribution in [-0.2, 0) is 17.6 Å². The molecule has 3 heterocycles. The predicted octanol–water partition coefficient (Wildman–Crippen LogP) is 4.20. The van der Waals surface area contributed by atoms with E-state index in [1.165, 1.54) is 16.7 Å². The quantitative estimate of drug-likeness (QED) is 0.782. The van der Waals surface area contributed by atoms with E-state index < -0.39 is 0 Å². The number of halogens is 1. The monoisotopic (exact) mass is 437 g/mol. The minimum absolute atomic E-state index is 0.0347. The zero-order valence-electron chi connectivity index (χ0n) is 17.6. The Balaban J connectivity index is 1.31. The van der Waals surface area contributed by atoms with Crippen molar-refractivity contribution in [2.75, 3.05) is 19.6 Å². The minimum Gasteiger partial charge on any atom is -0.338 e. The Bertz CT molecular complexity index is 980. The van der Waals surface area contributed by atoms with Gasteiger partial charge in [0.2, 0.25) is 5.91 Å². The number of carbonyl (C=O) groups is 2. The molecule has 3 amide bonds. The lowest BCUT2D eigenvalue weighted by atomic mass is 9.76. The van der Waals surface area contributed by atoms with Crippen molar-refractivity contribution in [2.24, 2.45) is 5.92 Å². The molecule has 3 aliphatic heterocycles. The molecule has 31 heavy (non-hydrogen) atoms. The summed E-state index contributed by atoms with van der Waals surface area (Å²) in [6, 6.07) is 16.1. The van der Waals surface area contributed by atoms with Gasteiger partial charge in [-0.3, -0.25) is 4.79 Å². The number of urea groups is 1. The third-order valence-corrected chi connectivity index (χ3v) is 7.33. The number of piperidine rings is 2. The number of rotatable bonds is 3. The summed E-state index contributed by atoms with van der Waals surface area (Å²) >= 11 is 6.21. The van der Waals surface area contributed by atoms with Crippen LogP contribution in [0.3, 0.4) is 0 Å². The number of fused-ring (bicyclic) bond motifs is 4. The van der Waals surface area contributed by atoms with E-state index in [4.69, 9.17) is 11.6 Å². The summed E-state index contributed by atoms with van der Waals surface area (Å²) in [5.74, 6) is 0.127. The van der Waals surface area contributed by atoms with E-state index in [1.54, 1.807) is 0 Å². The number of benzene rings is 2. The molecular formula is C25H28ClN3O2. The fourth-order valence-corrected chi connectivity index (χ4v) is 5.78. The summed E-state index contributed by atoms with van der Waals surface area (Å²) in [4.78, 5) is 30.4. The van der Waals surface area contributed by atoms with Gasteiger partial charge in [-0.15, -0.1) is 0 Å². The molecule has 0 aliphatic carbocycles. The van der Waals surface area contributed by atoms with Gasteiger partial charge in [-0.05, 0) is 60.9 Å². The summed E-state index contributed by atoms with van der Waals surface area (Å²) in [6.07, 6.45) is 4.20. The highest BCUT2D eigenvalue weighted by Gasteiger charge is 2.48.